The zero-order valence-corrected chi connectivity index (χ0v) is 18.9. The van der Waals surface area contributed by atoms with E-state index in [-0.39, 0.29) is 0 Å². The summed E-state index contributed by atoms with van der Waals surface area (Å²) in [6.45, 7) is 2.54. The average molecular weight is 448 g/mol. The van der Waals surface area contributed by atoms with Crippen molar-refractivity contribution in [3.8, 4) is 28.6 Å². The summed E-state index contributed by atoms with van der Waals surface area (Å²) in [7, 11) is 0. The summed E-state index contributed by atoms with van der Waals surface area (Å²) >= 11 is 6.08. The van der Waals surface area contributed by atoms with Crippen molar-refractivity contribution in [2.45, 2.75) is 45.4 Å². The lowest BCUT2D eigenvalue weighted by Gasteiger charge is -2.19. The zero-order chi connectivity index (χ0) is 21.9. The van der Waals surface area contributed by atoms with Gasteiger partial charge in [0.2, 0.25) is 5.89 Å². The molecule has 32 heavy (non-hydrogen) atoms. The maximum Gasteiger partial charge on any atom is 0.245 e. The number of rotatable bonds is 7. The van der Waals surface area contributed by atoms with E-state index in [9.17, 15) is 0 Å². The van der Waals surface area contributed by atoms with Gasteiger partial charge in [-0.05, 0) is 68.4 Å². The number of nitrogens with one attached hydrogen (secondary N) is 1. The van der Waals surface area contributed by atoms with E-state index in [1.807, 2.05) is 31.2 Å². The number of imidazole rings is 1. The molecule has 6 heteroatoms. The van der Waals surface area contributed by atoms with Crippen molar-refractivity contribution in [3.05, 3.63) is 76.4 Å². The van der Waals surface area contributed by atoms with Crippen molar-refractivity contribution in [1.29, 1.82) is 0 Å². The van der Waals surface area contributed by atoms with Crippen molar-refractivity contribution >= 4 is 11.6 Å². The first kappa shape index (κ1) is 20.8. The van der Waals surface area contributed by atoms with Gasteiger partial charge in [0.25, 0.3) is 0 Å². The number of H-pyrrole nitrogens is 1. The fourth-order valence-electron chi connectivity index (χ4n) is 4.30. The van der Waals surface area contributed by atoms with E-state index in [1.54, 1.807) is 6.20 Å². The van der Waals surface area contributed by atoms with Crippen LogP contribution in [0.1, 0.15) is 42.0 Å². The highest BCUT2D eigenvalue weighted by molar-refractivity contribution is 6.30. The molecule has 0 fully saturated rings. The predicted octanol–water partition coefficient (Wildman–Crippen LogP) is 6.58. The average Bonchev–Trinajstić information content (AvgIpc) is 3.44. The van der Waals surface area contributed by atoms with Gasteiger partial charge in [-0.25, -0.2) is 9.97 Å². The van der Waals surface area contributed by atoms with Crippen LogP contribution in [0.3, 0.4) is 0 Å². The Kier molecular flexibility index (Phi) is 5.99. The first-order valence-electron chi connectivity index (χ1n) is 11.2. The van der Waals surface area contributed by atoms with Gasteiger partial charge in [-0.15, -0.1) is 0 Å². The van der Waals surface area contributed by atoms with E-state index in [0.29, 0.717) is 17.5 Å². The molecular formula is C26H26ClN3O2. The Morgan fingerprint density at radius 2 is 1.94 bits per heavy atom. The molecule has 0 atom stereocenters. The van der Waals surface area contributed by atoms with Gasteiger partial charge in [0.15, 0.2) is 0 Å². The first-order valence-corrected chi connectivity index (χ1v) is 11.6. The molecule has 5 nitrogen and oxygen atoms in total. The lowest BCUT2D eigenvalue weighted by molar-refractivity contribution is 0.302. The Morgan fingerprint density at radius 1 is 1.09 bits per heavy atom. The number of hydrogen-bond acceptors (Lipinski definition) is 4. The van der Waals surface area contributed by atoms with E-state index in [2.05, 4.69) is 28.2 Å². The third-order valence-corrected chi connectivity index (χ3v) is 6.16. The molecule has 2 heterocycles. The molecule has 0 aliphatic heterocycles. The summed E-state index contributed by atoms with van der Waals surface area (Å²) in [5, 5.41) is 0.697. The van der Waals surface area contributed by atoms with Crippen LogP contribution < -0.4 is 4.74 Å². The van der Waals surface area contributed by atoms with Gasteiger partial charge in [0.05, 0.1) is 12.8 Å². The zero-order valence-electron chi connectivity index (χ0n) is 18.2. The highest BCUT2D eigenvalue weighted by Crippen LogP contribution is 2.31. The maximum absolute atomic E-state index is 6.19. The number of benzene rings is 2. The molecule has 1 aliphatic rings. The number of aromatic nitrogens is 3. The van der Waals surface area contributed by atoms with Gasteiger partial charge >= 0.3 is 0 Å². The highest BCUT2D eigenvalue weighted by atomic mass is 35.5. The monoisotopic (exact) mass is 447 g/mol. The van der Waals surface area contributed by atoms with Crippen LogP contribution in [-0.4, -0.2) is 21.6 Å². The molecule has 0 saturated carbocycles. The van der Waals surface area contributed by atoms with E-state index in [4.69, 9.17) is 25.7 Å². The molecule has 4 aromatic rings. The van der Waals surface area contributed by atoms with Crippen LogP contribution in [0.15, 0.2) is 53.1 Å². The quantitative estimate of drug-likeness (QED) is 0.325. The molecule has 0 spiro atoms. The van der Waals surface area contributed by atoms with Gasteiger partial charge in [0.1, 0.15) is 28.7 Å². The number of halogens is 1. The fraction of sp³-hybridized carbons (Fsp3) is 0.308. The van der Waals surface area contributed by atoms with Crippen LogP contribution in [-0.2, 0) is 19.3 Å². The molecule has 1 N–H and O–H groups in total. The summed E-state index contributed by atoms with van der Waals surface area (Å²) in [6.07, 6.45) is 8.10. The molecule has 0 radical (unpaired) electrons. The minimum absolute atomic E-state index is 0.545. The van der Waals surface area contributed by atoms with Crippen LogP contribution >= 0.6 is 11.6 Å². The number of hydrogen-bond donors (Lipinski definition) is 1. The molecule has 1 aliphatic carbocycles. The van der Waals surface area contributed by atoms with Crippen molar-refractivity contribution in [2.75, 3.05) is 6.61 Å². The second kappa shape index (κ2) is 9.21. The number of fused-ring (bicyclic) bond motifs is 1. The Bertz CT molecular complexity index is 1210. The minimum Gasteiger partial charge on any atom is -0.493 e. The lowest BCUT2D eigenvalue weighted by atomic mass is 9.91. The lowest BCUT2D eigenvalue weighted by Crippen LogP contribution is -2.07. The van der Waals surface area contributed by atoms with E-state index < -0.39 is 0 Å². The van der Waals surface area contributed by atoms with Crippen LogP contribution in [0.5, 0.6) is 5.75 Å². The third-order valence-electron chi connectivity index (χ3n) is 5.91. The maximum atomic E-state index is 6.19. The van der Waals surface area contributed by atoms with Crippen molar-refractivity contribution < 1.29 is 9.15 Å². The van der Waals surface area contributed by atoms with Crippen molar-refractivity contribution in [3.63, 3.8) is 0 Å². The van der Waals surface area contributed by atoms with Crippen LogP contribution in [0.25, 0.3) is 22.8 Å². The summed E-state index contributed by atoms with van der Waals surface area (Å²) in [5.41, 5.74) is 5.41. The molecule has 0 bridgehead atoms. The normalized spacial score (nSPS) is 13.2. The third kappa shape index (κ3) is 4.44. The summed E-state index contributed by atoms with van der Waals surface area (Å²) in [4.78, 5) is 12.2. The SMILES string of the molecule is Cc1ncc(-c2nc(-c3ccc(Cl)cc3)c(CCCOc3cccc4c3CCCC4)o2)[nH]1. The summed E-state index contributed by atoms with van der Waals surface area (Å²) in [6, 6.07) is 14.1. The predicted molar refractivity (Wildman–Crippen MR) is 126 cm³/mol. The first-order chi connectivity index (χ1) is 15.7. The number of nitrogens with zero attached hydrogens (tertiary/aromatic N) is 2. The number of aromatic amines is 1. The summed E-state index contributed by atoms with van der Waals surface area (Å²) < 4.78 is 12.4. The standard InChI is InChI=1S/C26H26ClN3O2/c1-17-28-16-22(29-17)26-30-25(19-11-13-20(27)14-12-19)24(32-26)10-5-15-31-23-9-4-7-18-6-2-3-8-21(18)23/h4,7,9,11-14,16H,2-3,5-6,8,10,15H2,1H3,(H,28,29). The molecule has 2 aromatic carbocycles. The molecule has 164 valence electrons. The molecular weight excluding hydrogens is 422 g/mol. The number of oxazole rings is 1. The minimum atomic E-state index is 0.545. The number of aryl methyl sites for hydroxylation is 3. The molecule has 0 amide bonds. The van der Waals surface area contributed by atoms with Crippen molar-refractivity contribution in [1.82, 2.24) is 15.0 Å². The Hall–Kier alpha value is -3.05. The smallest absolute Gasteiger partial charge is 0.245 e. The summed E-state index contributed by atoms with van der Waals surface area (Å²) in [5.74, 6) is 3.25. The van der Waals surface area contributed by atoms with E-state index >= 15 is 0 Å². The highest BCUT2D eigenvalue weighted by Gasteiger charge is 2.18. The van der Waals surface area contributed by atoms with Crippen LogP contribution in [0.2, 0.25) is 5.02 Å². The molecule has 0 unspecified atom stereocenters. The van der Waals surface area contributed by atoms with E-state index in [0.717, 1.165) is 60.0 Å². The van der Waals surface area contributed by atoms with Crippen LogP contribution in [0.4, 0.5) is 0 Å². The van der Waals surface area contributed by atoms with Gasteiger partial charge in [0, 0.05) is 17.0 Å². The second-order valence-electron chi connectivity index (χ2n) is 8.23. The molecule has 5 rings (SSSR count). The fourth-order valence-corrected chi connectivity index (χ4v) is 4.42. The van der Waals surface area contributed by atoms with E-state index in [1.165, 1.54) is 24.0 Å². The van der Waals surface area contributed by atoms with Gasteiger partial charge in [-0.3, -0.25) is 0 Å². The largest absolute Gasteiger partial charge is 0.493 e. The molecule has 0 saturated heterocycles. The second-order valence-corrected chi connectivity index (χ2v) is 8.67. The molecule has 2 aromatic heterocycles. The topological polar surface area (TPSA) is 63.9 Å². The Balaban J connectivity index is 1.32. The number of ether oxygens (including phenoxy) is 1. The van der Waals surface area contributed by atoms with Crippen molar-refractivity contribution in [2.24, 2.45) is 0 Å². The van der Waals surface area contributed by atoms with Crippen LogP contribution in [0, 0.1) is 6.92 Å². The van der Waals surface area contributed by atoms with Gasteiger partial charge in [-0.2, -0.15) is 0 Å². The van der Waals surface area contributed by atoms with Gasteiger partial charge < -0.3 is 14.1 Å². The Labute approximate surface area is 192 Å². The Morgan fingerprint density at radius 3 is 2.75 bits per heavy atom. The van der Waals surface area contributed by atoms with Gasteiger partial charge in [-0.1, -0.05) is 35.9 Å².